The predicted octanol–water partition coefficient (Wildman–Crippen LogP) is 0.723. The summed E-state index contributed by atoms with van der Waals surface area (Å²) in [5.41, 5.74) is 0. The average molecular weight is 238 g/mol. The van der Waals surface area contributed by atoms with Crippen LogP contribution < -0.4 is 24.8 Å². The van der Waals surface area contributed by atoms with E-state index in [1.54, 1.807) is 25.2 Å². The van der Waals surface area contributed by atoms with Crippen LogP contribution in [0.3, 0.4) is 0 Å². The molecule has 1 heterocycles. The van der Waals surface area contributed by atoms with Gasteiger partial charge >= 0.3 is 6.03 Å². The first-order valence-corrected chi connectivity index (χ1v) is 5.27. The minimum atomic E-state index is -0.223. The third-order valence-corrected chi connectivity index (χ3v) is 2.23. The number of hydrogen-bond acceptors (Lipinski definition) is 4. The van der Waals surface area contributed by atoms with Crippen LogP contribution in [-0.2, 0) is 0 Å². The SMILES string of the molecule is CNC(=O)NCCOc1ccc2c(c1)OCO2. The Bertz CT molecular complexity index is 408. The molecule has 6 heteroatoms. The maximum atomic E-state index is 10.9. The molecule has 0 bridgehead atoms. The molecule has 0 saturated heterocycles. The van der Waals surface area contributed by atoms with Gasteiger partial charge in [-0.05, 0) is 12.1 Å². The smallest absolute Gasteiger partial charge is 0.314 e. The summed E-state index contributed by atoms with van der Waals surface area (Å²) in [6.07, 6.45) is 0. The standard InChI is InChI=1S/C11H14N2O4/c1-12-11(14)13-4-5-15-8-2-3-9-10(6-8)17-7-16-9/h2-3,6H,4-5,7H2,1H3,(H2,12,13,14). The molecule has 2 rings (SSSR count). The number of carbonyl (C=O) groups is 1. The molecule has 0 unspecified atom stereocenters. The number of amides is 2. The highest BCUT2D eigenvalue weighted by molar-refractivity contribution is 5.73. The molecule has 0 aromatic heterocycles. The highest BCUT2D eigenvalue weighted by atomic mass is 16.7. The summed E-state index contributed by atoms with van der Waals surface area (Å²) in [6, 6.07) is 5.14. The Morgan fingerprint density at radius 2 is 2.24 bits per heavy atom. The van der Waals surface area contributed by atoms with Crippen LogP contribution in [0.4, 0.5) is 4.79 Å². The van der Waals surface area contributed by atoms with Gasteiger partial charge in [0.2, 0.25) is 6.79 Å². The molecule has 1 aromatic rings. The Morgan fingerprint density at radius 1 is 1.41 bits per heavy atom. The van der Waals surface area contributed by atoms with E-state index in [0.29, 0.717) is 24.7 Å². The van der Waals surface area contributed by atoms with Crippen LogP contribution >= 0.6 is 0 Å². The van der Waals surface area contributed by atoms with E-state index in [-0.39, 0.29) is 12.8 Å². The van der Waals surface area contributed by atoms with Crippen molar-refractivity contribution in [3.8, 4) is 17.2 Å². The van der Waals surface area contributed by atoms with E-state index in [1.165, 1.54) is 0 Å². The summed E-state index contributed by atoms with van der Waals surface area (Å²) in [5, 5.41) is 5.08. The molecule has 0 spiro atoms. The number of ether oxygens (including phenoxy) is 3. The molecule has 1 aliphatic heterocycles. The third-order valence-electron chi connectivity index (χ3n) is 2.23. The zero-order chi connectivity index (χ0) is 12.1. The Kier molecular flexibility index (Phi) is 3.54. The second-order valence-corrected chi connectivity index (χ2v) is 3.37. The fraction of sp³-hybridized carbons (Fsp3) is 0.364. The zero-order valence-electron chi connectivity index (χ0n) is 9.49. The summed E-state index contributed by atoms with van der Waals surface area (Å²) in [6.45, 7) is 1.08. The topological polar surface area (TPSA) is 68.8 Å². The van der Waals surface area contributed by atoms with E-state index in [2.05, 4.69) is 10.6 Å². The van der Waals surface area contributed by atoms with Crippen LogP contribution in [0.1, 0.15) is 0 Å². The van der Waals surface area contributed by atoms with E-state index in [0.717, 1.165) is 5.75 Å². The van der Waals surface area contributed by atoms with Crippen molar-refractivity contribution in [2.24, 2.45) is 0 Å². The maximum absolute atomic E-state index is 10.9. The first-order chi connectivity index (χ1) is 8.29. The van der Waals surface area contributed by atoms with Crippen LogP contribution in [0.25, 0.3) is 0 Å². The second-order valence-electron chi connectivity index (χ2n) is 3.37. The number of rotatable bonds is 4. The monoisotopic (exact) mass is 238 g/mol. The average Bonchev–Trinajstić information content (AvgIpc) is 2.81. The maximum Gasteiger partial charge on any atom is 0.314 e. The Balaban J connectivity index is 1.78. The summed E-state index contributed by atoms with van der Waals surface area (Å²) < 4.78 is 15.8. The molecular weight excluding hydrogens is 224 g/mol. The van der Waals surface area contributed by atoms with Crippen molar-refractivity contribution in [3.63, 3.8) is 0 Å². The van der Waals surface area contributed by atoms with Crippen molar-refractivity contribution in [2.75, 3.05) is 27.0 Å². The Hall–Kier alpha value is -2.11. The molecule has 92 valence electrons. The first kappa shape index (κ1) is 11.4. The fourth-order valence-electron chi connectivity index (χ4n) is 1.39. The molecule has 0 radical (unpaired) electrons. The van der Waals surface area contributed by atoms with E-state index in [9.17, 15) is 4.79 Å². The van der Waals surface area contributed by atoms with Gasteiger partial charge in [0.05, 0.1) is 6.54 Å². The highest BCUT2D eigenvalue weighted by Gasteiger charge is 2.13. The molecule has 0 fully saturated rings. The van der Waals surface area contributed by atoms with Gasteiger partial charge in [-0.1, -0.05) is 0 Å². The van der Waals surface area contributed by atoms with E-state index in [1.807, 2.05) is 0 Å². The number of carbonyl (C=O) groups excluding carboxylic acids is 1. The summed E-state index contributed by atoms with van der Waals surface area (Å²) in [5.74, 6) is 2.09. The molecular formula is C11H14N2O4. The second kappa shape index (κ2) is 5.29. The van der Waals surface area contributed by atoms with Crippen LogP contribution in [0.15, 0.2) is 18.2 Å². The van der Waals surface area contributed by atoms with Crippen molar-refractivity contribution in [1.82, 2.24) is 10.6 Å². The lowest BCUT2D eigenvalue weighted by Crippen LogP contribution is -2.35. The lowest BCUT2D eigenvalue weighted by molar-refractivity contribution is 0.173. The molecule has 0 aliphatic carbocycles. The van der Waals surface area contributed by atoms with Crippen molar-refractivity contribution >= 4 is 6.03 Å². The van der Waals surface area contributed by atoms with Crippen molar-refractivity contribution in [1.29, 1.82) is 0 Å². The number of hydrogen-bond donors (Lipinski definition) is 2. The Morgan fingerprint density at radius 3 is 3.06 bits per heavy atom. The lowest BCUT2D eigenvalue weighted by atomic mass is 10.3. The third kappa shape index (κ3) is 2.93. The van der Waals surface area contributed by atoms with E-state index >= 15 is 0 Å². The van der Waals surface area contributed by atoms with Gasteiger partial charge in [-0.2, -0.15) is 0 Å². The first-order valence-electron chi connectivity index (χ1n) is 5.27. The number of fused-ring (bicyclic) bond motifs is 1. The Labute approximate surface area is 98.9 Å². The van der Waals surface area contributed by atoms with Gasteiger partial charge in [-0.25, -0.2) is 4.79 Å². The normalized spacial score (nSPS) is 12.1. The minimum absolute atomic E-state index is 0.223. The molecule has 6 nitrogen and oxygen atoms in total. The molecule has 0 atom stereocenters. The van der Waals surface area contributed by atoms with Gasteiger partial charge in [0, 0.05) is 13.1 Å². The lowest BCUT2D eigenvalue weighted by Gasteiger charge is -2.07. The van der Waals surface area contributed by atoms with E-state index in [4.69, 9.17) is 14.2 Å². The molecule has 1 aromatic carbocycles. The largest absolute Gasteiger partial charge is 0.492 e. The van der Waals surface area contributed by atoms with E-state index < -0.39 is 0 Å². The van der Waals surface area contributed by atoms with Gasteiger partial charge in [0.1, 0.15) is 12.4 Å². The molecule has 2 amide bonds. The van der Waals surface area contributed by atoms with Gasteiger partial charge in [0.25, 0.3) is 0 Å². The number of nitrogens with one attached hydrogen (secondary N) is 2. The highest BCUT2D eigenvalue weighted by Crippen LogP contribution is 2.34. The molecule has 2 N–H and O–H groups in total. The molecule has 1 aliphatic rings. The zero-order valence-corrected chi connectivity index (χ0v) is 9.49. The predicted molar refractivity (Wildman–Crippen MR) is 60.5 cm³/mol. The van der Waals surface area contributed by atoms with Gasteiger partial charge in [-0.15, -0.1) is 0 Å². The summed E-state index contributed by atoms with van der Waals surface area (Å²) >= 11 is 0. The molecule has 17 heavy (non-hydrogen) atoms. The van der Waals surface area contributed by atoms with Crippen molar-refractivity contribution in [2.45, 2.75) is 0 Å². The summed E-state index contributed by atoms with van der Waals surface area (Å²) in [4.78, 5) is 10.9. The minimum Gasteiger partial charge on any atom is -0.492 e. The van der Waals surface area contributed by atoms with Crippen molar-refractivity contribution in [3.05, 3.63) is 18.2 Å². The van der Waals surface area contributed by atoms with Gasteiger partial charge in [0.15, 0.2) is 11.5 Å². The number of urea groups is 1. The van der Waals surface area contributed by atoms with Crippen LogP contribution in [0, 0.1) is 0 Å². The van der Waals surface area contributed by atoms with Crippen LogP contribution in [-0.4, -0.2) is 33.0 Å². The van der Waals surface area contributed by atoms with Crippen molar-refractivity contribution < 1.29 is 19.0 Å². The van der Waals surface area contributed by atoms with Crippen LogP contribution in [0.5, 0.6) is 17.2 Å². The van der Waals surface area contributed by atoms with Gasteiger partial charge < -0.3 is 24.8 Å². The summed E-state index contributed by atoms with van der Waals surface area (Å²) in [7, 11) is 1.56. The van der Waals surface area contributed by atoms with Crippen LogP contribution in [0.2, 0.25) is 0 Å². The molecule has 0 saturated carbocycles. The quantitative estimate of drug-likeness (QED) is 0.758. The fourth-order valence-corrected chi connectivity index (χ4v) is 1.39. The van der Waals surface area contributed by atoms with Gasteiger partial charge in [-0.3, -0.25) is 0 Å². The number of benzene rings is 1.